The molecule has 0 saturated heterocycles. The van der Waals surface area contributed by atoms with E-state index in [0.717, 1.165) is 55.2 Å². The lowest BCUT2D eigenvalue weighted by molar-refractivity contribution is 1.31. The van der Waals surface area contributed by atoms with E-state index < -0.39 is 0 Å². The molecular weight excluding hydrogens is 440 g/mol. The van der Waals surface area contributed by atoms with Crippen LogP contribution in [0.4, 0.5) is 0 Å². The summed E-state index contributed by atoms with van der Waals surface area (Å²) in [5.41, 5.74) is 6.74. The zero-order valence-electron chi connectivity index (χ0n) is 19.2. The van der Waals surface area contributed by atoms with Crippen molar-refractivity contribution in [1.82, 2.24) is 9.97 Å². The summed E-state index contributed by atoms with van der Waals surface area (Å²) >= 11 is 0. The number of nitrogens with zero attached hydrogens (tertiary/aromatic N) is 4. The normalized spacial score (nSPS) is 10.7. The van der Waals surface area contributed by atoms with E-state index in [1.165, 1.54) is 0 Å². The van der Waals surface area contributed by atoms with Crippen LogP contribution in [0.1, 0.15) is 11.1 Å². The van der Waals surface area contributed by atoms with Gasteiger partial charge in [-0.2, -0.15) is 10.5 Å². The minimum atomic E-state index is 0.559. The zero-order chi connectivity index (χ0) is 24.5. The van der Waals surface area contributed by atoms with Crippen LogP contribution < -0.4 is 0 Å². The first-order valence-corrected chi connectivity index (χ1v) is 11.5. The van der Waals surface area contributed by atoms with Crippen molar-refractivity contribution < 1.29 is 0 Å². The topological polar surface area (TPSA) is 73.4 Å². The van der Waals surface area contributed by atoms with Gasteiger partial charge in [-0.15, -0.1) is 0 Å². The average molecular weight is 459 g/mol. The van der Waals surface area contributed by atoms with Crippen LogP contribution >= 0.6 is 0 Å². The first kappa shape index (κ1) is 21.2. The molecule has 0 N–H and O–H groups in total. The SMILES string of the molecule is N#Cc1ccnc(-c2c3ccccc3c(-c3cc(C#N)ccn3)c3cc(-c4ccccc4)ccc23)c1. The maximum atomic E-state index is 9.56. The van der Waals surface area contributed by atoms with Crippen molar-refractivity contribution in [3.05, 3.63) is 121 Å². The summed E-state index contributed by atoms with van der Waals surface area (Å²) in [6.07, 6.45) is 3.36. The summed E-state index contributed by atoms with van der Waals surface area (Å²) in [6.45, 7) is 0. The predicted octanol–water partition coefficient (Wildman–Crippen LogP) is 7.53. The van der Waals surface area contributed by atoms with Crippen molar-refractivity contribution in [3.63, 3.8) is 0 Å². The second-order valence-corrected chi connectivity index (χ2v) is 8.51. The Balaban J connectivity index is 1.79. The summed E-state index contributed by atoms with van der Waals surface area (Å²) in [7, 11) is 0. The third-order valence-corrected chi connectivity index (χ3v) is 6.42. The third-order valence-electron chi connectivity index (χ3n) is 6.42. The van der Waals surface area contributed by atoms with Gasteiger partial charge in [0, 0.05) is 23.5 Å². The molecular formula is C32H18N4. The lowest BCUT2D eigenvalue weighted by Crippen LogP contribution is -1.95. The molecule has 0 saturated carbocycles. The number of fused-ring (bicyclic) bond motifs is 2. The van der Waals surface area contributed by atoms with E-state index in [0.29, 0.717) is 11.1 Å². The second-order valence-electron chi connectivity index (χ2n) is 8.51. The first-order valence-electron chi connectivity index (χ1n) is 11.5. The first-order chi connectivity index (χ1) is 17.8. The van der Waals surface area contributed by atoms with Gasteiger partial charge < -0.3 is 0 Å². The number of pyridine rings is 2. The van der Waals surface area contributed by atoms with E-state index in [2.05, 4.69) is 64.6 Å². The van der Waals surface area contributed by atoms with Crippen LogP contribution in [-0.2, 0) is 0 Å². The summed E-state index contributed by atoms with van der Waals surface area (Å²) < 4.78 is 0. The van der Waals surface area contributed by atoms with Gasteiger partial charge in [-0.3, -0.25) is 9.97 Å². The van der Waals surface area contributed by atoms with Crippen LogP contribution in [0.3, 0.4) is 0 Å². The standard InChI is InChI=1S/C32H18N4/c33-19-21-12-14-35-29(16-21)31-25-8-4-5-9-26(25)32(30-17-22(20-34)13-15-36-30)28-18-24(10-11-27(28)31)23-6-2-1-3-7-23/h1-18H. The van der Waals surface area contributed by atoms with Crippen LogP contribution in [0.2, 0.25) is 0 Å². The smallest absolute Gasteiger partial charge is 0.0992 e. The molecule has 0 amide bonds. The monoisotopic (exact) mass is 458 g/mol. The molecule has 36 heavy (non-hydrogen) atoms. The predicted molar refractivity (Wildman–Crippen MR) is 143 cm³/mol. The molecule has 2 heterocycles. The maximum absolute atomic E-state index is 9.56. The minimum Gasteiger partial charge on any atom is -0.256 e. The van der Waals surface area contributed by atoms with Crippen LogP contribution in [-0.4, -0.2) is 9.97 Å². The molecule has 0 aliphatic rings. The summed E-state index contributed by atoms with van der Waals surface area (Å²) in [5.74, 6) is 0. The Bertz CT molecular complexity index is 1860. The van der Waals surface area contributed by atoms with Gasteiger partial charge in [-0.25, -0.2) is 0 Å². The number of aromatic nitrogens is 2. The minimum absolute atomic E-state index is 0.559. The lowest BCUT2D eigenvalue weighted by Gasteiger charge is -2.18. The van der Waals surface area contributed by atoms with Gasteiger partial charge in [0.2, 0.25) is 0 Å². The molecule has 6 aromatic rings. The van der Waals surface area contributed by atoms with Crippen molar-refractivity contribution in [2.45, 2.75) is 0 Å². The molecule has 4 heteroatoms. The summed E-state index contributed by atoms with van der Waals surface area (Å²) in [6, 6.07) is 36.4. The van der Waals surface area contributed by atoms with Crippen molar-refractivity contribution in [2.24, 2.45) is 0 Å². The molecule has 4 aromatic carbocycles. The number of benzene rings is 4. The van der Waals surface area contributed by atoms with E-state index in [4.69, 9.17) is 0 Å². The molecule has 0 radical (unpaired) electrons. The Morgan fingerprint density at radius 1 is 0.472 bits per heavy atom. The van der Waals surface area contributed by atoms with Crippen molar-refractivity contribution >= 4 is 21.5 Å². The fourth-order valence-corrected chi connectivity index (χ4v) is 4.81. The number of hydrogen-bond donors (Lipinski definition) is 0. The Hall–Kier alpha value is -5.32. The molecule has 0 fully saturated rings. The lowest BCUT2D eigenvalue weighted by atomic mass is 9.87. The fraction of sp³-hybridized carbons (Fsp3) is 0. The molecule has 0 unspecified atom stereocenters. The van der Waals surface area contributed by atoms with E-state index in [1.807, 2.05) is 42.5 Å². The van der Waals surface area contributed by atoms with Gasteiger partial charge >= 0.3 is 0 Å². The van der Waals surface area contributed by atoms with Gasteiger partial charge in [-0.05, 0) is 63.0 Å². The highest BCUT2D eigenvalue weighted by Crippen LogP contribution is 2.44. The van der Waals surface area contributed by atoms with E-state index in [-0.39, 0.29) is 0 Å². The fourth-order valence-electron chi connectivity index (χ4n) is 4.81. The Labute approximate surface area is 208 Å². The van der Waals surface area contributed by atoms with Crippen LogP contribution in [0.5, 0.6) is 0 Å². The number of hydrogen-bond acceptors (Lipinski definition) is 4. The summed E-state index contributed by atoms with van der Waals surface area (Å²) in [5, 5.41) is 23.1. The molecule has 0 aliphatic carbocycles. The molecule has 0 atom stereocenters. The van der Waals surface area contributed by atoms with Crippen molar-refractivity contribution in [3.8, 4) is 45.8 Å². The number of nitriles is 2. The quantitative estimate of drug-likeness (QED) is 0.257. The number of rotatable bonds is 3. The molecule has 2 aromatic heterocycles. The third kappa shape index (κ3) is 3.55. The highest BCUT2D eigenvalue weighted by molar-refractivity contribution is 6.21. The van der Waals surface area contributed by atoms with Crippen LogP contribution in [0, 0.1) is 22.7 Å². The molecule has 4 nitrogen and oxygen atoms in total. The highest BCUT2D eigenvalue weighted by atomic mass is 14.7. The molecule has 0 bridgehead atoms. The molecule has 0 aliphatic heterocycles. The van der Waals surface area contributed by atoms with E-state index in [9.17, 15) is 10.5 Å². The van der Waals surface area contributed by atoms with Crippen molar-refractivity contribution in [1.29, 1.82) is 10.5 Å². The average Bonchev–Trinajstić information content (AvgIpc) is 2.96. The Morgan fingerprint density at radius 3 is 1.58 bits per heavy atom. The van der Waals surface area contributed by atoms with Gasteiger partial charge in [0.05, 0.1) is 34.7 Å². The Kier molecular flexibility index (Phi) is 5.19. The maximum Gasteiger partial charge on any atom is 0.0992 e. The largest absolute Gasteiger partial charge is 0.256 e. The summed E-state index contributed by atoms with van der Waals surface area (Å²) in [4.78, 5) is 9.34. The highest BCUT2D eigenvalue weighted by Gasteiger charge is 2.19. The molecule has 6 rings (SSSR count). The zero-order valence-corrected chi connectivity index (χ0v) is 19.2. The van der Waals surface area contributed by atoms with E-state index in [1.54, 1.807) is 24.5 Å². The van der Waals surface area contributed by atoms with Gasteiger partial charge in [0.15, 0.2) is 0 Å². The van der Waals surface area contributed by atoms with Gasteiger partial charge in [0.25, 0.3) is 0 Å². The van der Waals surface area contributed by atoms with Gasteiger partial charge in [-0.1, -0.05) is 66.7 Å². The second kappa shape index (κ2) is 8.80. The molecule has 166 valence electrons. The van der Waals surface area contributed by atoms with Crippen molar-refractivity contribution in [2.75, 3.05) is 0 Å². The van der Waals surface area contributed by atoms with Crippen LogP contribution in [0.15, 0.2) is 109 Å². The van der Waals surface area contributed by atoms with Crippen LogP contribution in [0.25, 0.3) is 55.2 Å². The molecule has 0 spiro atoms. The Morgan fingerprint density at radius 2 is 1.00 bits per heavy atom. The van der Waals surface area contributed by atoms with E-state index >= 15 is 0 Å². The van der Waals surface area contributed by atoms with Gasteiger partial charge in [0.1, 0.15) is 0 Å².